The Morgan fingerprint density at radius 2 is 1.80 bits per heavy atom. The van der Waals surface area contributed by atoms with E-state index in [-0.39, 0.29) is 30.9 Å². The minimum atomic E-state index is -0.883. The molecule has 188 valence electrons. The Kier molecular flexibility index (Phi) is 8.87. The Labute approximate surface area is 205 Å². The lowest BCUT2D eigenvalue weighted by Gasteiger charge is -2.27. The molecule has 4 N–H and O–H groups in total. The fraction of sp³-hybridized carbons (Fsp3) is 0.407. The summed E-state index contributed by atoms with van der Waals surface area (Å²) in [5, 5.41) is 16.7. The number of carbonyl (C=O) groups is 2. The first-order valence-electron chi connectivity index (χ1n) is 11.9. The predicted molar refractivity (Wildman–Crippen MR) is 134 cm³/mol. The van der Waals surface area contributed by atoms with E-state index in [1.807, 2.05) is 30.5 Å². The molecule has 3 rings (SSSR count). The molecule has 1 amide bonds. The fourth-order valence-corrected chi connectivity index (χ4v) is 4.06. The van der Waals surface area contributed by atoms with Crippen LogP contribution >= 0.6 is 0 Å². The minimum absolute atomic E-state index is 0.0172. The number of carbonyl (C=O) groups excluding carboxylic acids is 1. The summed E-state index contributed by atoms with van der Waals surface area (Å²) >= 11 is 0. The van der Waals surface area contributed by atoms with E-state index in [0.717, 1.165) is 16.5 Å². The van der Waals surface area contributed by atoms with Crippen LogP contribution < -0.4 is 10.6 Å². The van der Waals surface area contributed by atoms with Gasteiger partial charge in [-0.2, -0.15) is 0 Å². The zero-order valence-corrected chi connectivity index (χ0v) is 20.4. The summed E-state index contributed by atoms with van der Waals surface area (Å²) in [5.41, 5.74) is 1.87. The third-order valence-electron chi connectivity index (χ3n) is 5.69. The molecule has 0 aliphatic heterocycles. The summed E-state index contributed by atoms with van der Waals surface area (Å²) in [5.74, 6) is -1.16. The van der Waals surface area contributed by atoms with Gasteiger partial charge in [0.05, 0.1) is 0 Å². The van der Waals surface area contributed by atoms with E-state index in [0.29, 0.717) is 24.8 Å². The molecule has 1 aromatic heterocycles. The number of amides is 1. The molecule has 0 aliphatic rings. The molecule has 0 saturated carbocycles. The van der Waals surface area contributed by atoms with Gasteiger partial charge in [0, 0.05) is 42.1 Å². The highest BCUT2D eigenvalue weighted by atomic mass is 19.1. The normalized spacial score (nSPS) is 13.4. The molecule has 0 radical (unpaired) electrons. The summed E-state index contributed by atoms with van der Waals surface area (Å²) in [6.45, 7) is 5.62. The maximum absolute atomic E-state index is 14.2. The number of H-pyrrole nitrogens is 1. The van der Waals surface area contributed by atoms with Gasteiger partial charge in [-0.3, -0.25) is 4.79 Å². The number of aliphatic carboxylic acids is 1. The molecule has 8 heteroatoms. The van der Waals surface area contributed by atoms with Gasteiger partial charge in [0.25, 0.3) is 0 Å². The lowest BCUT2D eigenvalue weighted by atomic mass is 9.98. The van der Waals surface area contributed by atoms with E-state index in [4.69, 9.17) is 4.74 Å². The molecule has 1 unspecified atom stereocenters. The van der Waals surface area contributed by atoms with E-state index in [9.17, 15) is 19.1 Å². The molecule has 7 nitrogen and oxygen atoms in total. The van der Waals surface area contributed by atoms with Crippen molar-refractivity contribution >= 4 is 23.0 Å². The number of fused-ring (bicyclic) bond motifs is 1. The van der Waals surface area contributed by atoms with Gasteiger partial charge >= 0.3 is 12.1 Å². The molecular formula is C27H34FN3O4. The quantitative estimate of drug-likeness (QED) is 0.295. The van der Waals surface area contributed by atoms with E-state index in [1.165, 1.54) is 6.07 Å². The van der Waals surface area contributed by atoms with Crippen molar-refractivity contribution in [2.75, 3.05) is 6.54 Å². The van der Waals surface area contributed by atoms with Crippen LogP contribution in [0.3, 0.4) is 0 Å². The highest BCUT2D eigenvalue weighted by Crippen LogP contribution is 2.28. The standard InChI is InChI=1S/C27H34FN3O4/c1-27(2,3)35-26(34)30-16-19(13-12-18-8-4-6-10-22(18)28)31-24(14-15-25(32)33)21-17-29-23-11-7-5-9-20(21)23/h4-11,17,19,24,29,31H,12-16H2,1-3H3,(H,30,34)(H,32,33)/t19?,24-/m0/s1. The van der Waals surface area contributed by atoms with Crippen molar-refractivity contribution in [1.82, 2.24) is 15.6 Å². The van der Waals surface area contributed by atoms with Gasteiger partial charge in [0.1, 0.15) is 11.4 Å². The molecule has 1 heterocycles. The maximum atomic E-state index is 14.2. The lowest BCUT2D eigenvalue weighted by molar-refractivity contribution is -0.137. The summed E-state index contributed by atoms with van der Waals surface area (Å²) in [6, 6.07) is 13.9. The van der Waals surface area contributed by atoms with Gasteiger partial charge in [-0.15, -0.1) is 0 Å². The topological polar surface area (TPSA) is 103 Å². The van der Waals surface area contributed by atoms with Crippen molar-refractivity contribution in [3.8, 4) is 0 Å². The highest BCUT2D eigenvalue weighted by Gasteiger charge is 2.23. The van der Waals surface area contributed by atoms with Crippen LogP contribution in [0.5, 0.6) is 0 Å². The Morgan fingerprint density at radius 3 is 2.51 bits per heavy atom. The van der Waals surface area contributed by atoms with Crippen LogP contribution in [-0.2, 0) is 16.0 Å². The predicted octanol–water partition coefficient (Wildman–Crippen LogP) is 5.33. The first kappa shape index (κ1) is 26.2. The molecule has 2 aromatic carbocycles. The number of aryl methyl sites for hydroxylation is 1. The van der Waals surface area contributed by atoms with E-state index < -0.39 is 17.7 Å². The Hall–Kier alpha value is -3.39. The molecule has 2 atom stereocenters. The average molecular weight is 484 g/mol. The molecule has 0 bridgehead atoms. The Morgan fingerprint density at radius 1 is 1.09 bits per heavy atom. The second kappa shape index (κ2) is 11.8. The van der Waals surface area contributed by atoms with E-state index in [1.54, 1.807) is 39.0 Å². The van der Waals surface area contributed by atoms with Gasteiger partial charge < -0.3 is 25.5 Å². The van der Waals surface area contributed by atoms with Crippen molar-refractivity contribution in [3.05, 3.63) is 71.7 Å². The summed E-state index contributed by atoms with van der Waals surface area (Å²) in [6.07, 6.45) is 2.68. The first-order chi connectivity index (χ1) is 16.6. The first-order valence-corrected chi connectivity index (χ1v) is 11.9. The maximum Gasteiger partial charge on any atom is 0.407 e. The molecule has 0 spiro atoms. The highest BCUT2D eigenvalue weighted by molar-refractivity contribution is 5.83. The average Bonchev–Trinajstić information content (AvgIpc) is 3.22. The van der Waals surface area contributed by atoms with Gasteiger partial charge in [-0.25, -0.2) is 9.18 Å². The van der Waals surface area contributed by atoms with Crippen molar-refractivity contribution in [1.29, 1.82) is 0 Å². The van der Waals surface area contributed by atoms with Crippen LogP contribution in [0.15, 0.2) is 54.7 Å². The molecule has 3 aromatic rings. The van der Waals surface area contributed by atoms with Gasteiger partial charge in [0.15, 0.2) is 0 Å². The number of para-hydroxylation sites is 1. The van der Waals surface area contributed by atoms with Crippen LogP contribution in [0.2, 0.25) is 0 Å². The van der Waals surface area contributed by atoms with Gasteiger partial charge in [-0.05, 0) is 63.3 Å². The van der Waals surface area contributed by atoms with Crippen molar-refractivity contribution in [2.45, 2.75) is 64.1 Å². The second-order valence-electron chi connectivity index (χ2n) is 9.65. The minimum Gasteiger partial charge on any atom is -0.481 e. The third kappa shape index (κ3) is 8.10. The van der Waals surface area contributed by atoms with Crippen molar-refractivity contribution in [3.63, 3.8) is 0 Å². The SMILES string of the molecule is CC(C)(C)OC(=O)NCC(CCc1ccccc1F)N[C@@H](CCC(=O)O)c1c[nH]c2ccccc12. The second-order valence-corrected chi connectivity index (χ2v) is 9.65. The van der Waals surface area contributed by atoms with Crippen molar-refractivity contribution in [2.24, 2.45) is 0 Å². The smallest absolute Gasteiger partial charge is 0.407 e. The van der Waals surface area contributed by atoms with E-state index in [2.05, 4.69) is 15.6 Å². The number of hydrogen-bond acceptors (Lipinski definition) is 4. The van der Waals surface area contributed by atoms with Crippen LogP contribution in [0, 0.1) is 5.82 Å². The van der Waals surface area contributed by atoms with Crippen LogP contribution in [0.25, 0.3) is 10.9 Å². The summed E-state index contributed by atoms with van der Waals surface area (Å²) < 4.78 is 19.6. The zero-order chi connectivity index (χ0) is 25.4. The third-order valence-corrected chi connectivity index (χ3v) is 5.69. The lowest BCUT2D eigenvalue weighted by Crippen LogP contribution is -2.44. The number of nitrogens with one attached hydrogen (secondary N) is 3. The van der Waals surface area contributed by atoms with Crippen LogP contribution in [0.1, 0.15) is 57.2 Å². The number of carboxylic acids is 1. The number of rotatable bonds is 11. The number of carboxylic acid groups (broad SMARTS) is 1. The molecule has 0 fully saturated rings. The van der Waals surface area contributed by atoms with Gasteiger partial charge in [-0.1, -0.05) is 36.4 Å². The number of aromatic nitrogens is 1. The molecule has 0 saturated heterocycles. The monoisotopic (exact) mass is 483 g/mol. The summed E-state index contributed by atoms with van der Waals surface area (Å²) in [4.78, 5) is 26.9. The number of halogens is 1. The fourth-order valence-electron chi connectivity index (χ4n) is 4.06. The largest absolute Gasteiger partial charge is 0.481 e. The number of ether oxygens (including phenoxy) is 1. The number of aromatic amines is 1. The number of hydrogen-bond donors (Lipinski definition) is 4. The molecular weight excluding hydrogens is 449 g/mol. The Balaban J connectivity index is 1.80. The van der Waals surface area contributed by atoms with Crippen LogP contribution in [0.4, 0.5) is 9.18 Å². The Bertz CT molecular complexity index is 1140. The van der Waals surface area contributed by atoms with Crippen LogP contribution in [-0.4, -0.2) is 40.3 Å². The number of benzene rings is 2. The van der Waals surface area contributed by atoms with E-state index >= 15 is 0 Å². The number of alkyl carbamates (subject to hydrolysis) is 1. The summed E-state index contributed by atoms with van der Waals surface area (Å²) in [7, 11) is 0. The molecule has 0 aliphatic carbocycles. The molecule has 35 heavy (non-hydrogen) atoms. The van der Waals surface area contributed by atoms with Crippen molar-refractivity contribution < 1.29 is 23.8 Å². The van der Waals surface area contributed by atoms with Gasteiger partial charge in [0.2, 0.25) is 0 Å². The zero-order valence-electron chi connectivity index (χ0n) is 20.4.